The van der Waals surface area contributed by atoms with Gasteiger partial charge in [0.15, 0.2) is 5.78 Å². The van der Waals surface area contributed by atoms with Crippen LogP contribution in [-0.4, -0.2) is 33.6 Å². The van der Waals surface area contributed by atoms with E-state index in [-0.39, 0.29) is 23.7 Å². The van der Waals surface area contributed by atoms with Gasteiger partial charge in [0.05, 0.1) is 5.56 Å². The summed E-state index contributed by atoms with van der Waals surface area (Å²) >= 11 is 7.58. The number of Topliss-reactive ketones (excluding diaryl/α,β-unsaturated/α-hetero) is 1. The molecule has 8 heteroatoms. The van der Waals surface area contributed by atoms with Crippen LogP contribution >= 0.6 is 23.4 Å². The molecule has 0 fully saturated rings. The van der Waals surface area contributed by atoms with Crippen LogP contribution in [0.4, 0.5) is 0 Å². The summed E-state index contributed by atoms with van der Waals surface area (Å²) in [7, 11) is 0. The van der Waals surface area contributed by atoms with Crippen molar-refractivity contribution in [3.63, 3.8) is 0 Å². The Labute approximate surface area is 282 Å². The molecule has 0 aliphatic heterocycles. The lowest BCUT2D eigenvalue weighted by Gasteiger charge is -2.08. The van der Waals surface area contributed by atoms with Gasteiger partial charge in [-0.05, 0) is 92.2 Å². The van der Waals surface area contributed by atoms with E-state index < -0.39 is 5.97 Å². The van der Waals surface area contributed by atoms with Gasteiger partial charge in [0.2, 0.25) is 5.78 Å². The average Bonchev–Trinajstić information content (AvgIpc) is 3.42. The molecule has 0 aliphatic rings. The maximum atomic E-state index is 14.0. The molecule has 0 bridgehead atoms. The van der Waals surface area contributed by atoms with Crippen LogP contribution in [0.5, 0.6) is 0 Å². The smallest absolute Gasteiger partial charge is 0.341 e. The number of hydrogen-bond acceptors (Lipinski definition) is 6. The number of ketones is 2. The van der Waals surface area contributed by atoms with Gasteiger partial charge in [-0.3, -0.25) is 9.59 Å². The molecule has 1 heterocycles. The maximum absolute atomic E-state index is 14.0. The molecule has 6 aromatic rings. The van der Waals surface area contributed by atoms with Crippen molar-refractivity contribution in [2.45, 2.75) is 31.7 Å². The predicted octanol–water partition coefficient (Wildman–Crippen LogP) is 9.59. The summed E-state index contributed by atoms with van der Waals surface area (Å²) in [6.45, 7) is 4.70. The Morgan fingerprint density at radius 2 is 1.40 bits per heavy atom. The van der Waals surface area contributed by atoms with Crippen molar-refractivity contribution < 1.29 is 19.2 Å². The number of rotatable bonds is 11. The zero-order valence-corrected chi connectivity index (χ0v) is 27.5. The van der Waals surface area contributed by atoms with E-state index in [4.69, 9.17) is 16.4 Å². The van der Waals surface area contributed by atoms with Crippen LogP contribution in [0.2, 0.25) is 5.02 Å². The molecule has 0 spiro atoms. The van der Waals surface area contributed by atoms with Crippen LogP contribution in [0.25, 0.3) is 21.8 Å². The lowest BCUT2D eigenvalue weighted by Crippen LogP contribution is -2.17. The first-order valence-electron chi connectivity index (χ1n) is 15.3. The van der Waals surface area contributed by atoms with E-state index in [1.165, 1.54) is 0 Å². The van der Waals surface area contributed by atoms with Crippen LogP contribution in [0.3, 0.4) is 0 Å². The summed E-state index contributed by atoms with van der Waals surface area (Å²) in [5.74, 6) is -0.512. The van der Waals surface area contributed by atoms with Gasteiger partial charge in [0.1, 0.15) is 5.71 Å². The van der Waals surface area contributed by atoms with Crippen molar-refractivity contribution >= 4 is 68.4 Å². The maximum Gasteiger partial charge on any atom is 0.365 e. The van der Waals surface area contributed by atoms with E-state index in [9.17, 15) is 14.4 Å². The third-order valence-electron chi connectivity index (χ3n) is 8.03. The number of carbonyl (C=O) groups excluding carboxylic acids is 3. The summed E-state index contributed by atoms with van der Waals surface area (Å²) in [5.41, 5.74) is 4.94. The Bertz CT molecular complexity index is 2150. The fraction of sp³-hybridized carbons (Fsp3) is 0.128. The molecule has 0 N–H and O–H groups in total. The minimum Gasteiger partial charge on any atom is -0.341 e. The van der Waals surface area contributed by atoms with Gasteiger partial charge in [-0.1, -0.05) is 59.2 Å². The first-order valence-corrected chi connectivity index (χ1v) is 16.6. The molecule has 0 amide bonds. The molecule has 6 nitrogen and oxygen atoms in total. The minimum absolute atomic E-state index is 0.0533. The number of thioether (sulfide) groups is 1. The molecular formula is C39H31ClN2O4S. The Balaban J connectivity index is 1.35. The summed E-state index contributed by atoms with van der Waals surface area (Å²) < 4.78 is 2.17. The van der Waals surface area contributed by atoms with Crippen LogP contribution in [0.1, 0.15) is 55.5 Å². The van der Waals surface area contributed by atoms with E-state index in [0.29, 0.717) is 39.6 Å². The molecule has 234 valence electrons. The quantitative estimate of drug-likeness (QED) is 0.0455. The molecule has 1 aromatic heterocycles. The second kappa shape index (κ2) is 14.2. The molecule has 0 saturated carbocycles. The molecule has 6 rings (SSSR count). The minimum atomic E-state index is -0.645. The van der Waals surface area contributed by atoms with Gasteiger partial charge in [0, 0.05) is 67.1 Å². The number of aromatic nitrogens is 1. The van der Waals surface area contributed by atoms with Crippen molar-refractivity contribution in [3.05, 3.63) is 148 Å². The van der Waals surface area contributed by atoms with Crippen molar-refractivity contribution in [2.75, 3.05) is 5.75 Å². The van der Waals surface area contributed by atoms with Crippen molar-refractivity contribution in [2.24, 2.45) is 5.16 Å². The van der Waals surface area contributed by atoms with Crippen LogP contribution in [0, 0.1) is 6.92 Å². The number of fused-ring (bicyclic) bond motifs is 3. The fourth-order valence-electron chi connectivity index (χ4n) is 5.60. The van der Waals surface area contributed by atoms with Gasteiger partial charge in [-0.15, -0.1) is 11.8 Å². The molecule has 0 radical (unpaired) electrons. The highest BCUT2D eigenvalue weighted by molar-refractivity contribution is 7.99. The van der Waals surface area contributed by atoms with Crippen LogP contribution in [0.15, 0.2) is 125 Å². The van der Waals surface area contributed by atoms with Gasteiger partial charge in [-0.2, -0.15) is 0 Å². The van der Waals surface area contributed by atoms with E-state index in [0.717, 1.165) is 32.3 Å². The first kappa shape index (κ1) is 32.0. The van der Waals surface area contributed by atoms with Crippen LogP contribution in [-0.2, 0) is 11.4 Å². The number of hydrogen-bond donors (Lipinski definition) is 0. The van der Waals surface area contributed by atoms with Gasteiger partial charge in [0.25, 0.3) is 0 Å². The monoisotopic (exact) mass is 658 g/mol. The molecular weight excluding hydrogens is 628 g/mol. The third kappa shape index (κ3) is 6.92. The zero-order chi connectivity index (χ0) is 32.9. The van der Waals surface area contributed by atoms with Crippen molar-refractivity contribution in [3.8, 4) is 0 Å². The summed E-state index contributed by atoms with van der Waals surface area (Å²) in [6, 6.07) is 34.8. The van der Waals surface area contributed by atoms with Gasteiger partial charge >= 0.3 is 5.97 Å². The summed E-state index contributed by atoms with van der Waals surface area (Å²) in [5, 5.41) is 6.47. The normalized spacial score (nSPS) is 11.6. The van der Waals surface area contributed by atoms with E-state index in [1.807, 2.05) is 85.8 Å². The van der Waals surface area contributed by atoms with E-state index in [2.05, 4.69) is 16.6 Å². The lowest BCUT2D eigenvalue weighted by molar-refractivity contribution is 0.0514. The number of carbonyl (C=O) groups is 3. The summed E-state index contributed by atoms with van der Waals surface area (Å²) in [6.07, 6.45) is 0.262. The number of benzene rings is 5. The standard InChI is InChI=1S/C39H31ClN2O4S/c1-3-42-35-19-13-27(37(43)31-12-8-7-9-25(31)2)23-32(35)33-24-28(14-20-36(33)42)38(44)34(21-22-47-30-17-15-29(40)16-18-30)41-46-39(45)26-10-5-4-6-11-26/h4-20,23-24H,3,21-22H2,1-2H3. The largest absolute Gasteiger partial charge is 0.365 e. The van der Waals surface area contributed by atoms with E-state index in [1.54, 1.807) is 48.2 Å². The second-order valence-corrected chi connectivity index (χ2v) is 12.6. The number of oxime groups is 1. The molecule has 0 unspecified atom stereocenters. The Morgan fingerprint density at radius 3 is 2.09 bits per heavy atom. The lowest BCUT2D eigenvalue weighted by atomic mass is 9.97. The van der Waals surface area contributed by atoms with Gasteiger partial charge in [-0.25, -0.2) is 4.79 Å². The number of aryl methyl sites for hydroxylation is 2. The molecule has 0 aliphatic carbocycles. The SMILES string of the molecule is CCn1c2ccc(C(=O)C(CCSc3ccc(Cl)cc3)=NOC(=O)c3ccccc3)cc2c2cc(C(=O)c3ccccc3C)ccc21. The third-order valence-corrected chi connectivity index (χ3v) is 9.29. The van der Waals surface area contributed by atoms with Crippen molar-refractivity contribution in [1.82, 2.24) is 4.57 Å². The second-order valence-electron chi connectivity index (χ2n) is 11.0. The zero-order valence-electron chi connectivity index (χ0n) is 25.9. The highest BCUT2D eigenvalue weighted by Crippen LogP contribution is 2.32. The molecule has 0 saturated heterocycles. The molecule has 5 aromatic carbocycles. The Morgan fingerprint density at radius 1 is 0.766 bits per heavy atom. The van der Waals surface area contributed by atoms with Crippen LogP contribution < -0.4 is 0 Å². The first-order chi connectivity index (χ1) is 22.8. The van der Waals surface area contributed by atoms with E-state index >= 15 is 0 Å². The fourth-order valence-corrected chi connectivity index (χ4v) is 6.58. The topological polar surface area (TPSA) is 77.7 Å². The summed E-state index contributed by atoms with van der Waals surface area (Å²) in [4.78, 5) is 46.5. The highest BCUT2D eigenvalue weighted by Gasteiger charge is 2.20. The predicted molar refractivity (Wildman–Crippen MR) is 190 cm³/mol. The molecule has 0 atom stereocenters. The Kier molecular flexibility index (Phi) is 9.66. The Hall–Kier alpha value is -4.98. The molecule has 47 heavy (non-hydrogen) atoms. The van der Waals surface area contributed by atoms with Crippen molar-refractivity contribution in [1.29, 1.82) is 0 Å². The van der Waals surface area contributed by atoms with Gasteiger partial charge < -0.3 is 9.40 Å². The highest BCUT2D eigenvalue weighted by atomic mass is 35.5. The average molecular weight is 659 g/mol. The number of halogens is 1. The number of nitrogens with zero attached hydrogens (tertiary/aromatic N) is 2.